The lowest BCUT2D eigenvalue weighted by atomic mass is 10.1. The van der Waals surface area contributed by atoms with Gasteiger partial charge in [0.1, 0.15) is 0 Å². The summed E-state index contributed by atoms with van der Waals surface area (Å²) in [5.41, 5.74) is 5.22. The monoisotopic (exact) mass is 368 g/mol. The average molecular weight is 369 g/mol. The third-order valence-corrected chi connectivity index (χ3v) is 6.29. The van der Waals surface area contributed by atoms with E-state index >= 15 is 0 Å². The second-order valence-corrected chi connectivity index (χ2v) is 8.52. The molecule has 0 unspecified atom stereocenters. The first-order chi connectivity index (χ1) is 12.5. The molecule has 1 aliphatic heterocycles. The Morgan fingerprint density at radius 2 is 1.62 bits per heavy atom. The molecule has 0 spiro atoms. The minimum atomic E-state index is -0.0510. The van der Waals surface area contributed by atoms with Gasteiger partial charge in [-0.3, -0.25) is 4.79 Å². The molecule has 0 N–H and O–H groups in total. The fourth-order valence-corrected chi connectivity index (χ4v) is 4.33. The highest BCUT2D eigenvalue weighted by atomic mass is 32.2. The van der Waals surface area contributed by atoms with Crippen LogP contribution in [-0.4, -0.2) is 42.2 Å². The number of hydrogen-bond acceptors (Lipinski definition) is 3. The highest BCUT2D eigenvalue weighted by Crippen LogP contribution is 2.27. The zero-order chi connectivity index (χ0) is 18.7. The molecule has 2 aromatic carbocycles. The molecule has 3 rings (SSSR count). The molecular formula is C22H28N2OS. The number of carbonyl (C=O) groups excluding carboxylic acids is 1. The van der Waals surface area contributed by atoms with Gasteiger partial charge in [-0.15, -0.1) is 11.8 Å². The third-order valence-electron chi connectivity index (χ3n) is 5.19. The fraction of sp³-hybridized carbons (Fsp3) is 0.409. The summed E-state index contributed by atoms with van der Waals surface area (Å²) in [5, 5.41) is -0.0510. The van der Waals surface area contributed by atoms with Gasteiger partial charge in [0.25, 0.3) is 0 Å². The van der Waals surface area contributed by atoms with Gasteiger partial charge < -0.3 is 9.80 Å². The predicted molar refractivity (Wildman–Crippen MR) is 111 cm³/mol. The number of amides is 1. The van der Waals surface area contributed by atoms with Gasteiger partial charge in [0.05, 0.1) is 5.25 Å². The van der Waals surface area contributed by atoms with Crippen LogP contribution in [0.2, 0.25) is 0 Å². The maximum absolute atomic E-state index is 12.8. The number of hydrogen-bond donors (Lipinski definition) is 0. The van der Waals surface area contributed by atoms with Crippen LogP contribution in [0.25, 0.3) is 0 Å². The Labute approximate surface area is 161 Å². The van der Waals surface area contributed by atoms with Crippen LogP contribution in [0.5, 0.6) is 0 Å². The Morgan fingerprint density at radius 1 is 0.962 bits per heavy atom. The molecule has 4 heteroatoms. The van der Waals surface area contributed by atoms with Gasteiger partial charge in [0.2, 0.25) is 5.91 Å². The smallest absolute Gasteiger partial charge is 0.235 e. The highest BCUT2D eigenvalue weighted by molar-refractivity contribution is 8.00. The van der Waals surface area contributed by atoms with E-state index in [4.69, 9.17) is 0 Å². The zero-order valence-electron chi connectivity index (χ0n) is 16.2. The Bertz CT molecular complexity index is 764. The maximum Gasteiger partial charge on any atom is 0.235 e. The van der Waals surface area contributed by atoms with Gasteiger partial charge in [0.15, 0.2) is 0 Å². The van der Waals surface area contributed by atoms with Gasteiger partial charge in [-0.1, -0.05) is 29.8 Å². The average Bonchev–Trinajstić information content (AvgIpc) is 2.65. The van der Waals surface area contributed by atoms with Gasteiger partial charge >= 0.3 is 0 Å². The number of benzene rings is 2. The molecule has 0 saturated carbocycles. The van der Waals surface area contributed by atoms with E-state index in [0.29, 0.717) is 0 Å². The lowest BCUT2D eigenvalue weighted by molar-refractivity contribution is -0.130. The van der Waals surface area contributed by atoms with Crippen LogP contribution >= 0.6 is 11.8 Å². The van der Waals surface area contributed by atoms with Crippen LogP contribution in [0.15, 0.2) is 47.4 Å². The molecule has 2 aromatic rings. The summed E-state index contributed by atoms with van der Waals surface area (Å²) >= 11 is 1.65. The second-order valence-electron chi connectivity index (χ2n) is 7.10. The standard InChI is InChI=1S/C22H28N2OS/c1-16-8-10-20(11-9-16)26-19(4)22(25)24-14-12-23(13-15-24)21-7-5-6-17(2)18(21)3/h5-11,19H,12-15H2,1-4H3/t19-/m1/s1. The third kappa shape index (κ3) is 4.24. The van der Waals surface area contributed by atoms with E-state index in [1.165, 1.54) is 22.4 Å². The zero-order valence-corrected chi connectivity index (χ0v) is 17.0. The van der Waals surface area contributed by atoms with E-state index in [2.05, 4.69) is 68.1 Å². The SMILES string of the molecule is Cc1ccc(S[C@H](C)C(=O)N2CCN(c3cccc(C)c3C)CC2)cc1. The molecule has 1 aliphatic rings. The van der Waals surface area contributed by atoms with E-state index in [1.807, 2.05) is 11.8 Å². The lowest BCUT2D eigenvalue weighted by Crippen LogP contribution is -2.50. The first-order valence-corrected chi connectivity index (χ1v) is 10.2. The van der Waals surface area contributed by atoms with Gasteiger partial charge in [0, 0.05) is 36.8 Å². The molecule has 138 valence electrons. The predicted octanol–water partition coefficient (Wildman–Crippen LogP) is 4.44. The van der Waals surface area contributed by atoms with Gasteiger partial charge in [-0.05, 0) is 57.0 Å². The number of piperazine rings is 1. The van der Waals surface area contributed by atoms with Crippen molar-refractivity contribution in [2.45, 2.75) is 37.8 Å². The van der Waals surface area contributed by atoms with Crippen molar-refractivity contribution in [3.8, 4) is 0 Å². The number of rotatable bonds is 4. The van der Waals surface area contributed by atoms with Crippen molar-refractivity contribution in [2.24, 2.45) is 0 Å². The fourth-order valence-electron chi connectivity index (χ4n) is 3.37. The van der Waals surface area contributed by atoms with E-state index < -0.39 is 0 Å². The van der Waals surface area contributed by atoms with E-state index in [1.54, 1.807) is 11.8 Å². The molecule has 0 radical (unpaired) electrons. The van der Waals surface area contributed by atoms with Crippen molar-refractivity contribution in [3.63, 3.8) is 0 Å². The Balaban J connectivity index is 1.57. The number of anilines is 1. The first kappa shape index (κ1) is 18.8. The van der Waals surface area contributed by atoms with Gasteiger partial charge in [-0.2, -0.15) is 0 Å². The minimum absolute atomic E-state index is 0.0510. The molecule has 3 nitrogen and oxygen atoms in total. The maximum atomic E-state index is 12.8. The molecule has 0 aliphatic carbocycles. The quantitative estimate of drug-likeness (QED) is 0.746. The lowest BCUT2D eigenvalue weighted by Gasteiger charge is -2.38. The summed E-state index contributed by atoms with van der Waals surface area (Å²) in [7, 11) is 0. The topological polar surface area (TPSA) is 23.6 Å². The Morgan fingerprint density at radius 3 is 2.27 bits per heavy atom. The van der Waals surface area contributed by atoms with Gasteiger partial charge in [-0.25, -0.2) is 0 Å². The minimum Gasteiger partial charge on any atom is -0.368 e. The van der Waals surface area contributed by atoms with Crippen molar-refractivity contribution >= 4 is 23.4 Å². The van der Waals surface area contributed by atoms with Crippen molar-refractivity contribution in [2.75, 3.05) is 31.1 Å². The summed E-state index contributed by atoms with van der Waals surface area (Å²) in [4.78, 5) is 18.4. The molecule has 1 amide bonds. The number of nitrogens with zero attached hydrogens (tertiary/aromatic N) is 2. The van der Waals surface area contributed by atoms with Crippen molar-refractivity contribution in [1.29, 1.82) is 0 Å². The number of carbonyl (C=O) groups is 1. The van der Waals surface area contributed by atoms with E-state index in [9.17, 15) is 4.79 Å². The molecule has 0 aromatic heterocycles. The number of thioether (sulfide) groups is 1. The van der Waals surface area contributed by atoms with Crippen LogP contribution < -0.4 is 4.90 Å². The molecule has 26 heavy (non-hydrogen) atoms. The first-order valence-electron chi connectivity index (χ1n) is 9.29. The second kappa shape index (κ2) is 8.17. The van der Waals surface area contributed by atoms with E-state index in [0.717, 1.165) is 31.1 Å². The van der Waals surface area contributed by atoms with Crippen LogP contribution in [0, 0.1) is 20.8 Å². The van der Waals surface area contributed by atoms with Crippen LogP contribution in [0.3, 0.4) is 0 Å². The van der Waals surface area contributed by atoms with E-state index in [-0.39, 0.29) is 11.2 Å². The summed E-state index contributed by atoms with van der Waals surface area (Å²) in [6, 6.07) is 14.9. The van der Waals surface area contributed by atoms with Crippen LogP contribution in [-0.2, 0) is 4.79 Å². The summed E-state index contributed by atoms with van der Waals surface area (Å²) in [6.45, 7) is 11.8. The normalized spacial score (nSPS) is 15.8. The molecule has 1 fully saturated rings. The van der Waals surface area contributed by atoms with Crippen molar-refractivity contribution in [3.05, 3.63) is 59.2 Å². The van der Waals surface area contributed by atoms with Crippen molar-refractivity contribution in [1.82, 2.24) is 4.90 Å². The molecule has 1 saturated heterocycles. The Hall–Kier alpha value is -1.94. The summed E-state index contributed by atoms with van der Waals surface area (Å²) in [6.07, 6.45) is 0. The van der Waals surface area contributed by atoms with Crippen molar-refractivity contribution < 1.29 is 4.79 Å². The summed E-state index contributed by atoms with van der Waals surface area (Å²) < 4.78 is 0. The molecule has 1 atom stereocenters. The summed E-state index contributed by atoms with van der Waals surface area (Å²) in [5.74, 6) is 0.246. The molecular weight excluding hydrogens is 340 g/mol. The number of aryl methyl sites for hydroxylation is 2. The van der Waals surface area contributed by atoms with Crippen LogP contribution in [0.1, 0.15) is 23.6 Å². The Kier molecular flexibility index (Phi) is 5.92. The molecule has 1 heterocycles. The highest BCUT2D eigenvalue weighted by Gasteiger charge is 2.26. The molecule has 0 bridgehead atoms. The largest absolute Gasteiger partial charge is 0.368 e. The van der Waals surface area contributed by atoms with Crippen LogP contribution in [0.4, 0.5) is 5.69 Å².